The zero-order valence-electron chi connectivity index (χ0n) is 7.99. The van der Waals surface area contributed by atoms with Crippen LogP contribution in [-0.2, 0) is 6.42 Å². The van der Waals surface area contributed by atoms with Crippen LogP contribution in [0.5, 0.6) is 0 Å². The first-order valence-electron chi connectivity index (χ1n) is 4.77. The summed E-state index contributed by atoms with van der Waals surface area (Å²) in [5.41, 5.74) is 12.8. The van der Waals surface area contributed by atoms with Gasteiger partial charge < -0.3 is 11.5 Å². The maximum atomic E-state index is 10.9. The second-order valence-corrected chi connectivity index (χ2v) is 4.10. The lowest BCUT2D eigenvalue weighted by Crippen LogP contribution is -2.24. The lowest BCUT2D eigenvalue weighted by Gasteiger charge is -2.08. The number of nitrogens with two attached hydrogens (primary N) is 2. The molecule has 1 aliphatic rings. The van der Waals surface area contributed by atoms with E-state index in [2.05, 4.69) is 0 Å². The van der Waals surface area contributed by atoms with E-state index < -0.39 is 0 Å². The molecule has 1 aromatic carbocycles. The molecular formula is C11H14N2O. The topological polar surface area (TPSA) is 69.1 Å². The van der Waals surface area contributed by atoms with Gasteiger partial charge in [0.2, 0.25) is 5.91 Å². The summed E-state index contributed by atoms with van der Waals surface area (Å²) in [6, 6.07) is 7.39. The molecule has 4 N–H and O–H groups in total. The van der Waals surface area contributed by atoms with Gasteiger partial charge in [-0.05, 0) is 37.0 Å². The number of carbonyl (C=O) groups excluding carboxylic acids is 1. The molecule has 0 heterocycles. The molecule has 0 spiro atoms. The van der Waals surface area contributed by atoms with Gasteiger partial charge in [0.25, 0.3) is 0 Å². The molecule has 0 aliphatic heterocycles. The molecule has 0 radical (unpaired) electrons. The average molecular weight is 190 g/mol. The summed E-state index contributed by atoms with van der Waals surface area (Å²) in [4.78, 5) is 10.9. The number of primary amides is 1. The minimum atomic E-state index is -0.381. The van der Waals surface area contributed by atoms with E-state index in [4.69, 9.17) is 11.5 Å². The highest BCUT2D eigenvalue weighted by Crippen LogP contribution is 2.35. The lowest BCUT2D eigenvalue weighted by molar-refractivity contribution is 0.1000. The van der Waals surface area contributed by atoms with E-state index in [1.807, 2.05) is 18.2 Å². The van der Waals surface area contributed by atoms with E-state index in [1.165, 1.54) is 0 Å². The van der Waals surface area contributed by atoms with Crippen molar-refractivity contribution >= 4 is 5.91 Å². The third-order valence-electron chi connectivity index (χ3n) is 2.66. The Morgan fingerprint density at radius 2 is 2.14 bits per heavy atom. The van der Waals surface area contributed by atoms with E-state index in [0.717, 1.165) is 24.8 Å². The maximum Gasteiger partial charge on any atom is 0.248 e. The van der Waals surface area contributed by atoms with Crippen molar-refractivity contribution in [1.29, 1.82) is 0 Å². The number of hydrogen-bond acceptors (Lipinski definition) is 2. The van der Waals surface area contributed by atoms with Gasteiger partial charge in [-0.25, -0.2) is 0 Å². The van der Waals surface area contributed by atoms with Gasteiger partial charge in [-0.1, -0.05) is 12.1 Å². The maximum absolute atomic E-state index is 10.9. The average Bonchev–Trinajstić information content (AvgIpc) is 2.83. The SMILES string of the molecule is NC(=O)c1cccc(CC2(N)CC2)c1. The Hall–Kier alpha value is -1.35. The van der Waals surface area contributed by atoms with Crippen molar-refractivity contribution in [1.82, 2.24) is 0 Å². The van der Waals surface area contributed by atoms with Crippen LogP contribution in [0.25, 0.3) is 0 Å². The predicted octanol–water partition coefficient (Wildman–Crippen LogP) is 0.819. The Morgan fingerprint density at radius 1 is 1.43 bits per heavy atom. The molecule has 1 amide bonds. The van der Waals surface area contributed by atoms with Crippen LogP contribution in [0.2, 0.25) is 0 Å². The lowest BCUT2D eigenvalue weighted by atomic mass is 10.0. The fraction of sp³-hybridized carbons (Fsp3) is 0.364. The second kappa shape index (κ2) is 3.10. The number of rotatable bonds is 3. The van der Waals surface area contributed by atoms with Crippen molar-refractivity contribution in [2.75, 3.05) is 0 Å². The van der Waals surface area contributed by atoms with E-state index in [1.54, 1.807) is 6.07 Å². The summed E-state index contributed by atoms with van der Waals surface area (Å²) in [6.45, 7) is 0. The Balaban J connectivity index is 2.17. The summed E-state index contributed by atoms with van der Waals surface area (Å²) < 4.78 is 0. The van der Waals surface area contributed by atoms with Gasteiger partial charge in [-0.3, -0.25) is 4.79 Å². The summed E-state index contributed by atoms with van der Waals surface area (Å²) in [5.74, 6) is -0.381. The molecule has 1 aliphatic carbocycles. The second-order valence-electron chi connectivity index (χ2n) is 4.10. The smallest absolute Gasteiger partial charge is 0.248 e. The van der Waals surface area contributed by atoms with Crippen molar-refractivity contribution in [2.24, 2.45) is 11.5 Å². The van der Waals surface area contributed by atoms with Crippen molar-refractivity contribution in [2.45, 2.75) is 24.8 Å². The normalized spacial score (nSPS) is 17.8. The van der Waals surface area contributed by atoms with Gasteiger partial charge >= 0.3 is 0 Å². The van der Waals surface area contributed by atoms with Gasteiger partial charge in [0.05, 0.1) is 0 Å². The summed E-state index contributed by atoms with van der Waals surface area (Å²) in [7, 11) is 0. The molecule has 0 unspecified atom stereocenters. The first kappa shape index (κ1) is 9.21. The highest BCUT2D eigenvalue weighted by atomic mass is 16.1. The highest BCUT2D eigenvalue weighted by Gasteiger charge is 2.37. The minimum Gasteiger partial charge on any atom is -0.366 e. The third-order valence-corrected chi connectivity index (χ3v) is 2.66. The predicted molar refractivity (Wildman–Crippen MR) is 54.8 cm³/mol. The quantitative estimate of drug-likeness (QED) is 0.740. The Bertz CT molecular complexity index is 369. The zero-order valence-corrected chi connectivity index (χ0v) is 7.99. The summed E-state index contributed by atoms with van der Waals surface area (Å²) >= 11 is 0. The van der Waals surface area contributed by atoms with Crippen molar-refractivity contribution in [3.63, 3.8) is 0 Å². The van der Waals surface area contributed by atoms with Gasteiger partial charge in [-0.2, -0.15) is 0 Å². The van der Waals surface area contributed by atoms with Crippen LogP contribution >= 0.6 is 0 Å². The molecular weight excluding hydrogens is 176 g/mol. The van der Waals surface area contributed by atoms with Gasteiger partial charge in [0.15, 0.2) is 0 Å². The molecule has 0 aromatic heterocycles. The molecule has 3 nitrogen and oxygen atoms in total. The Morgan fingerprint density at radius 3 is 2.71 bits per heavy atom. The minimum absolute atomic E-state index is 0.0176. The van der Waals surface area contributed by atoms with E-state index in [9.17, 15) is 4.79 Å². The first-order valence-corrected chi connectivity index (χ1v) is 4.77. The number of carbonyl (C=O) groups is 1. The third kappa shape index (κ3) is 1.93. The van der Waals surface area contributed by atoms with Crippen LogP contribution in [-0.4, -0.2) is 11.4 Å². The Labute approximate surface area is 83.1 Å². The molecule has 0 atom stereocenters. The van der Waals surface area contributed by atoms with E-state index >= 15 is 0 Å². The van der Waals surface area contributed by atoms with Crippen LogP contribution < -0.4 is 11.5 Å². The van der Waals surface area contributed by atoms with E-state index in [-0.39, 0.29) is 11.4 Å². The van der Waals surface area contributed by atoms with Crippen LogP contribution in [0.15, 0.2) is 24.3 Å². The van der Waals surface area contributed by atoms with Gasteiger partial charge in [0, 0.05) is 11.1 Å². The molecule has 0 saturated heterocycles. The standard InChI is InChI=1S/C11H14N2O/c12-10(14)9-3-1-2-8(6-9)7-11(13)4-5-11/h1-3,6H,4-5,7,13H2,(H2,12,14). The van der Waals surface area contributed by atoms with Gasteiger partial charge in [0.1, 0.15) is 0 Å². The van der Waals surface area contributed by atoms with Crippen LogP contribution in [0.4, 0.5) is 0 Å². The van der Waals surface area contributed by atoms with Crippen LogP contribution in [0.1, 0.15) is 28.8 Å². The van der Waals surface area contributed by atoms with Crippen LogP contribution in [0, 0.1) is 0 Å². The zero-order chi connectivity index (χ0) is 10.2. The van der Waals surface area contributed by atoms with Gasteiger partial charge in [-0.15, -0.1) is 0 Å². The molecule has 1 saturated carbocycles. The summed E-state index contributed by atoms with van der Waals surface area (Å²) in [6.07, 6.45) is 3.00. The molecule has 0 bridgehead atoms. The van der Waals surface area contributed by atoms with Crippen LogP contribution in [0.3, 0.4) is 0 Å². The largest absolute Gasteiger partial charge is 0.366 e. The van der Waals surface area contributed by atoms with Crippen molar-refractivity contribution in [3.05, 3.63) is 35.4 Å². The number of amides is 1. The Kier molecular flexibility index (Phi) is 2.04. The molecule has 74 valence electrons. The molecule has 3 heteroatoms. The van der Waals surface area contributed by atoms with Crippen molar-refractivity contribution in [3.8, 4) is 0 Å². The molecule has 14 heavy (non-hydrogen) atoms. The number of hydrogen-bond donors (Lipinski definition) is 2. The highest BCUT2D eigenvalue weighted by molar-refractivity contribution is 5.92. The molecule has 2 rings (SSSR count). The number of benzene rings is 1. The summed E-state index contributed by atoms with van der Waals surface area (Å²) in [5, 5.41) is 0. The monoisotopic (exact) mass is 190 g/mol. The fourth-order valence-corrected chi connectivity index (χ4v) is 1.58. The van der Waals surface area contributed by atoms with E-state index in [0.29, 0.717) is 5.56 Å². The fourth-order valence-electron chi connectivity index (χ4n) is 1.58. The van der Waals surface area contributed by atoms with Crippen molar-refractivity contribution < 1.29 is 4.79 Å². The first-order chi connectivity index (χ1) is 6.59. The molecule has 1 fully saturated rings. The molecule has 1 aromatic rings.